The van der Waals surface area contributed by atoms with Crippen molar-refractivity contribution in [2.24, 2.45) is 5.92 Å². The van der Waals surface area contributed by atoms with Crippen molar-refractivity contribution in [2.75, 3.05) is 6.79 Å². The van der Waals surface area contributed by atoms with E-state index >= 15 is 0 Å². The molecule has 1 N–H and O–H groups in total. The van der Waals surface area contributed by atoms with Gasteiger partial charge in [-0.1, -0.05) is 18.0 Å². The van der Waals surface area contributed by atoms with Crippen molar-refractivity contribution in [3.05, 3.63) is 24.1 Å². The van der Waals surface area contributed by atoms with Crippen LogP contribution in [0.3, 0.4) is 0 Å². The van der Waals surface area contributed by atoms with E-state index in [4.69, 9.17) is 14.0 Å². The minimum atomic E-state index is -0.764. The Labute approximate surface area is 156 Å². The van der Waals surface area contributed by atoms with Gasteiger partial charge in [0.2, 0.25) is 18.5 Å². The summed E-state index contributed by atoms with van der Waals surface area (Å²) < 4.78 is 16.2. The van der Waals surface area contributed by atoms with Gasteiger partial charge in [0, 0.05) is 11.6 Å². The number of hydrogen-bond acceptors (Lipinski definition) is 7. The van der Waals surface area contributed by atoms with E-state index in [9.17, 15) is 9.90 Å². The summed E-state index contributed by atoms with van der Waals surface area (Å²) in [5.74, 6) is 1.97. The van der Waals surface area contributed by atoms with Gasteiger partial charge in [0.25, 0.3) is 0 Å². The minimum absolute atomic E-state index is 0.213. The number of carboxylic acids is 1. The van der Waals surface area contributed by atoms with E-state index in [1.807, 2.05) is 23.1 Å². The van der Waals surface area contributed by atoms with Crippen LogP contribution < -0.4 is 9.47 Å². The third kappa shape index (κ3) is 2.93. The molecule has 1 saturated heterocycles. The third-order valence-electron chi connectivity index (χ3n) is 5.92. The Morgan fingerprint density at radius 1 is 1.22 bits per heavy atom. The van der Waals surface area contributed by atoms with E-state index in [2.05, 4.69) is 10.1 Å². The molecule has 2 aromatic rings. The van der Waals surface area contributed by atoms with Crippen LogP contribution in [-0.2, 0) is 11.3 Å². The van der Waals surface area contributed by atoms with Gasteiger partial charge in [0.1, 0.15) is 6.04 Å². The normalized spacial score (nSPS) is 26.9. The highest BCUT2D eigenvalue weighted by Gasteiger charge is 2.45. The number of rotatable bonds is 4. The Hall–Kier alpha value is -2.61. The number of benzene rings is 1. The van der Waals surface area contributed by atoms with E-state index in [1.165, 1.54) is 6.42 Å². The summed E-state index contributed by atoms with van der Waals surface area (Å²) in [5, 5.41) is 13.7. The third-order valence-corrected chi connectivity index (χ3v) is 5.92. The van der Waals surface area contributed by atoms with E-state index in [0.717, 1.165) is 24.8 Å². The van der Waals surface area contributed by atoms with Crippen molar-refractivity contribution >= 4 is 5.97 Å². The average molecular weight is 371 g/mol. The molecule has 3 atom stereocenters. The maximum absolute atomic E-state index is 11.7. The second-order valence-electron chi connectivity index (χ2n) is 7.45. The highest BCUT2D eigenvalue weighted by Crippen LogP contribution is 2.40. The van der Waals surface area contributed by atoms with E-state index in [0.29, 0.717) is 48.1 Å². The molecule has 3 unspecified atom stereocenters. The standard InChI is InChI=1S/C19H21N3O5/c23-19(24)14-7-11-3-1-2-4-13(11)22(14)9-17-20-18(21-27-17)12-5-6-15-16(8-12)26-10-25-15/h5-6,8,11,13-14H,1-4,7,9-10H2,(H,23,24). The minimum Gasteiger partial charge on any atom is -0.480 e. The molecule has 1 saturated carbocycles. The molecule has 3 heterocycles. The quantitative estimate of drug-likeness (QED) is 0.876. The van der Waals surface area contributed by atoms with E-state index in [1.54, 1.807) is 0 Å². The monoisotopic (exact) mass is 371 g/mol. The molecule has 3 aliphatic rings. The number of carboxylic acid groups (broad SMARTS) is 1. The van der Waals surface area contributed by atoms with Crippen molar-refractivity contribution in [3.63, 3.8) is 0 Å². The summed E-state index contributed by atoms with van der Waals surface area (Å²) in [6.45, 7) is 0.583. The maximum Gasteiger partial charge on any atom is 0.320 e. The molecule has 8 nitrogen and oxygen atoms in total. The molecule has 0 bridgehead atoms. The summed E-state index contributed by atoms with van der Waals surface area (Å²) in [6.07, 6.45) is 5.20. The summed E-state index contributed by atoms with van der Waals surface area (Å²) in [5.41, 5.74) is 0.779. The van der Waals surface area contributed by atoms with Gasteiger partial charge in [-0.15, -0.1) is 0 Å². The molecule has 2 fully saturated rings. The fourth-order valence-corrected chi connectivity index (χ4v) is 4.65. The van der Waals surface area contributed by atoms with Gasteiger partial charge in [-0.2, -0.15) is 4.98 Å². The van der Waals surface area contributed by atoms with E-state index in [-0.39, 0.29) is 6.79 Å². The van der Waals surface area contributed by atoms with Gasteiger partial charge in [-0.25, -0.2) is 0 Å². The number of nitrogens with zero attached hydrogens (tertiary/aromatic N) is 3. The first-order chi connectivity index (χ1) is 13.2. The first kappa shape index (κ1) is 16.6. The zero-order valence-corrected chi connectivity index (χ0v) is 14.8. The predicted octanol–water partition coefficient (Wildman–Crippen LogP) is 2.68. The van der Waals surface area contributed by atoms with Crippen LogP contribution in [0, 0.1) is 5.92 Å². The number of ether oxygens (including phenoxy) is 2. The Morgan fingerprint density at radius 3 is 2.96 bits per heavy atom. The maximum atomic E-state index is 11.7. The van der Waals surface area contributed by atoms with E-state index < -0.39 is 12.0 Å². The Bertz CT molecular complexity index is 867. The zero-order valence-electron chi connectivity index (χ0n) is 14.8. The number of fused-ring (bicyclic) bond motifs is 2. The van der Waals surface area contributed by atoms with Crippen LogP contribution in [0.2, 0.25) is 0 Å². The molecule has 0 spiro atoms. The van der Waals surface area contributed by atoms with Crippen LogP contribution in [0.4, 0.5) is 0 Å². The second-order valence-corrected chi connectivity index (χ2v) is 7.45. The fraction of sp³-hybridized carbons (Fsp3) is 0.526. The fourth-order valence-electron chi connectivity index (χ4n) is 4.65. The number of aliphatic carboxylic acids is 1. The first-order valence-electron chi connectivity index (χ1n) is 9.40. The lowest BCUT2D eigenvalue weighted by atomic mass is 9.85. The summed E-state index contributed by atoms with van der Waals surface area (Å²) in [7, 11) is 0. The van der Waals surface area contributed by atoms with Crippen molar-refractivity contribution < 1.29 is 23.9 Å². The number of carbonyl (C=O) groups is 1. The molecule has 1 aromatic carbocycles. The van der Waals surface area contributed by atoms with Gasteiger partial charge in [-0.05, 0) is 43.4 Å². The van der Waals surface area contributed by atoms with Gasteiger partial charge in [0.15, 0.2) is 11.5 Å². The predicted molar refractivity (Wildman–Crippen MR) is 93.2 cm³/mol. The highest BCUT2D eigenvalue weighted by atomic mass is 16.7. The molecule has 27 heavy (non-hydrogen) atoms. The SMILES string of the molecule is O=C(O)C1CC2CCCCC2N1Cc1nc(-c2ccc3c(c2)OCO3)no1. The lowest BCUT2D eigenvalue weighted by Crippen LogP contribution is -2.41. The zero-order chi connectivity index (χ0) is 18.4. The molecule has 5 rings (SSSR count). The Morgan fingerprint density at radius 2 is 2.07 bits per heavy atom. The van der Waals surface area contributed by atoms with Gasteiger partial charge in [-0.3, -0.25) is 9.69 Å². The number of likely N-dealkylation sites (tertiary alicyclic amines) is 1. The lowest BCUT2D eigenvalue weighted by molar-refractivity contribution is -0.143. The Kier molecular flexibility index (Phi) is 4.00. The molecule has 0 radical (unpaired) electrons. The molecule has 2 aliphatic heterocycles. The highest BCUT2D eigenvalue weighted by molar-refractivity contribution is 5.74. The van der Waals surface area contributed by atoms with Crippen LogP contribution in [0.15, 0.2) is 22.7 Å². The number of aromatic nitrogens is 2. The first-order valence-corrected chi connectivity index (χ1v) is 9.40. The second kappa shape index (κ2) is 6.53. The molecule has 1 aromatic heterocycles. The summed E-state index contributed by atoms with van der Waals surface area (Å²) in [4.78, 5) is 18.3. The largest absolute Gasteiger partial charge is 0.480 e. The van der Waals surface area contributed by atoms with Crippen LogP contribution in [0.1, 0.15) is 38.0 Å². The van der Waals surface area contributed by atoms with Crippen molar-refractivity contribution in [2.45, 2.75) is 50.7 Å². The van der Waals surface area contributed by atoms with Gasteiger partial charge < -0.3 is 19.1 Å². The van der Waals surface area contributed by atoms with Crippen LogP contribution in [0.25, 0.3) is 11.4 Å². The molecule has 0 amide bonds. The molecule has 142 valence electrons. The average Bonchev–Trinajstić information content (AvgIpc) is 3.40. The van der Waals surface area contributed by atoms with Crippen molar-refractivity contribution in [3.8, 4) is 22.9 Å². The lowest BCUT2D eigenvalue weighted by Gasteiger charge is -2.31. The van der Waals surface area contributed by atoms with Crippen molar-refractivity contribution in [1.29, 1.82) is 0 Å². The Balaban J connectivity index is 1.37. The molecule has 1 aliphatic carbocycles. The van der Waals surface area contributed by atoms with Crippen molar-refractivity contribution in [1.82, 2.24) is 15.0 Å². The molecule has 8 heteroatoms. The number of hydrogen-bond donors (Lipinski definition) is 1. The van der Waals surface area contributed by atoms with Crippen LogP contribution in [-0.4, -0.2) is 45.0 Å². The van der Waals surface area contributed by atoms with Crippen LogP contribution >= 0.6 is 0 Å². The smallest absolute Gasteiger partial charge is 0.320 e. The molecular formula is C19H21N3O5. The summed E-state index contributed by atoms with van der Waals surface area (Å²) >= 11 is 0. The topological polar surface area (TPSA) is 97.9 Å². The summed E-state index contributed by atoms with van der Waals surface area (Å²) in [6, 6.07) is 5.32. The van der Waals surface area contributed by atoms with Gasteiger partial charge >= 0.3 is 5.97 Å². The van der Waals surface area contributed by atoms with Gasteiger partial charge in [0.05, 0.1) is 6.54 Å². The molecular weight excluding hydrogens is 350 g/mol. The van der Waals surface area contributed by atoms with Crippen LogP contribution in [0.5, 0.6) is 11.5 Å².